The van der Waals surface area contributed by atoms with Gasteiger partial charge in [-0.2, -0.15) is 0 Å². The fourth-order valence-corrected chi connectivity index (χ4v) is 0.768. The van der Waals surface area contributed by atoms with Crippen LogP contribution < -0.4 is 0 Å². The van der Waals surface area contributed by atoms with Gasteiger partial charge in [-0.05, 0) is 26.3 Å². The maximum atomic E-state index is 5.50. The lowest BCUT2D eigenvalue weighted by Crippen LogP contribution is -2.18. The lowest BCUT2D eigenvalue weighted by atomic mass is 10.3. The summed E-state index contributed by atoms with van der Waals surface area (Å²) in [4.78, 5) is 0. The predicted octanol–water partition coefficient (Wildman–Crippen LogP) is 2.53. The lowest BCUT2D eigenvalue weighted by molar-refractivity contribution is -0.111. The number of hydrogen-bond donors (Lipinski definition) is 0. The molecule has 66 valence electrons. The summed E-state index contributed by atoms with van der Waals surface area (Å²) < 4.78 is 10.5. The van der Waals surface area contributed by atoms with E-state index in [-0.39, 0.29) is 6.29 Å². The second-order valence-corrected chi connectivity index (χ2v) is 2.31. The van der Waals surface area contributed by atoms with Crippen LogP contribution in [0.25, 0.3) is 0 Å². The minimum Gasteiger partial charge on any atom is -0.349 e. The molecule has 0 atom stereocenters. The fourth-order valence-electron chi connectivity index (χ4n) is 0.665. The molecule has 0 radical (unpaired) electrons. The highest BCUT2D eigenvalue weighted by atomic mass is 35.5. The van der Waals surface area contributed by atoms with Gasteiger partial charge in [0.05, 0.1) is 0 Å². The third kappa shape index (κ3) is 4.40. The molecular formula is C8H15ClO2. The van der Waals surface area contributed by atoms with Gasteiger partial charge in [-0.1, -0.05) is 11.6 Å². The highest BCUT2D eigenvalue weighted by molar-refractivity contribution is 6.25. The third-order valence-corrected chi connectivity index (χ3v) is 1.52. The summed E-state index contributed by atoms with van der Waals surface area (Å²) >= 11 is 5.50. The van der Waals surface area contributed by atoms with Crippen molar-refractivity contribution in [3.05, 3.63) is 11.1 Å². The quantitative estimate of drug-likeness (QED) is 0.603. The van der Waals surface area contributed by atoms with Gasteiger partial charge in [0.25, 0.3) is 0 Å². The molecule has 0 rings (SSSR count). The summed E-state index contributed by atoms with van der Waals surface area (Å²) in [5.74, 6) is 0. The van der Waals surface area contributed by atoms with Crippen molar-refractivity contribution in [2.75, 3.05) is 13.2 Å². The van der Waals surface area contributed by atoms with Crippen molar-refractivity contribution in [2.45, 2.75) is 27.1 Å². The zero-order valence-electron chi connectivity index (χ0n) is 7.26. The van der Waals surface area contributed by atoms with E-state index in [4.69, 9.17) is 21.1 Å². The second-order valence-electron chi connectivity index (χ2n) is 2.10. The van der Waals surface area contributed by atoms with Gasteiger partial charge in [0, 0.05) is 18.7 Å². The first kappa shape index (κ1) is 11.0. The molecule has 11 heavy (non-hydrogen) atoms. The van der Waals surface area contributed by atoms with E-state index in [0.29, 0.717) is 13.2 Å². The van der Waals surface area contributed by atoms with Crippen molar-refractivity contribution < 1.29 is 9.47 Å². The van der Waals surface area contributed by atoms with E-state index in [2.05, 4.69) is 0 Å². The maximum Gasteiger partial charge on any atom is 0.180 e. The Bertz CT molecular complexity index is 117. The molecule has 0 bridgehead atoms. The molecule has 0 heterocycles. The van der Waals surface area contributed by atoms with Gasteiger partial charge in [0.2, 0.25) is 0 Å². The summed E-state index contributed by atoms with van der Waals surface area (Å²) in [6, 6.07) is 0. The average Bonchev–Trinajstić information content (AvgIpc) is 2.03. The van der Waals surface area contributed by atoms with Crippen LogP contribution in [0.5, 0.6) is 0 Å². The summed E-state index contributed by atoms with van der Waals surface area (Å²) in [5, 5.41) is 0. The molecule has 3 heteroatoms. The number of hydrogen-bond acceptors (Lipinski definition) is 2. The van der Waals surface area contributed by atoms with Crippen molar-refractivity contribution >= 4 is 11.6 Å². The van der Waals surface area contributed by atoms with Crippen LogP contribution in [0.15, 0.2) is 11.1 Å². The molecule has 0 spiro atoms. The minimum atomic E-state index is -0.275. The van der Waals surface area contributed by atoms with Crippen LogP contribution in [0, 0.1) is 0 Å². The zero-order chi connectivity index (χ0) is 8.69. The van der Waals surface area contributed by atoms with Gasteiger partial charge in [-0.15, -0.1) is 0 Å². The van der Waals surface area contributed by atoms with Crippen LogP contribution in [0.1, 0.15) is 20.8 Å². The molecule has 0 saturated carbocycles. The SMILES string of the molecule is CCOC(OCC)C(C)=CCl. The maximum absolute atomic E-state index is 5.50. The van der Waals surface area contributed by atoms with E-state index >= 15 is 0 Å². The first-order valence-corrected chi connectivity index (χ1v) is 4.19. The Balaban J connectivity index is 3.87. The van der Waals surface area contributed by atoms with Gasteiger partial charge < -0.3 is 9.47 Å². The van der Waals surface area contributed by atoms with Crippen molar-refractivity contribution in [3.63, 3.8) is 0 Å². The molecule has 0 fully saturated rings. The zero-order valence-corrected chi connectivity index (χ0v) is 8.02. The molecule has 0 N–H and O–H groups in total. The highest BCUT2D eigenvalue weighted by Gasteiger charge is 2.08. The Hall–Kier alpha value is -0.0500. The first-order valence-electron chi connectivity index (χ1n) is 3.76. The number of rotatable bonds is 5. The van der Waals surface area contributed by atoms with Gasteiger partial charge in [0.15, 0.2) is 6.29 Å². The Kier molecular flexibility index (Phi) is 6.62. The van der Waals surface area contributed by atoms with E-state index in [0.717, 1.165) is 5.57 Å². The number of halogens is 1. The molecule has 0 amide bonds. The Morgan fingerprint density at radius 3 is 2.09 bits per heavy atom. The van der Waals surface area contributed by atoms with E-state index in [1.165, 1.54) is 5.54 Å². The summed E-state index contributed by atoms with van der Waals surface area (Å²) in [6.45, 7) is 6.99. The van der Waals surface area contributed by atoms with Crippen LogP contribution in [0.2, 0.25) is 0 Å². The highest BCUT2D eigenvalue weighted by Crippen LogP contribution is 2.08. The molecule has 0 saturated heterocycles. The molecule has 0 unspecified atom stereocenters. The van der Waals surface area contributed by atoms with Crippen LogP contribution >= 0.6 is 11.6 Å². The minimum absolute atomic E-state index is 0.275. The van der Waals surface area contributed by atoms with Crippen LogP contribution in [0.4, 0.5) is 0 Å². The largest absolute Gasteiger partial charge is 0.349 e. The van der Waals surface area contributed by atoms with Crippen LogP contribution in [-0.2, 0) is 9.47 Å². The van der Waals surface area contributed by atoms with E-state index in [1.54, 1.807) is 0 Å². The standard InChI is InChI=1S/C8H15ClO2/c1-4-10-8(11-5-2)7(3)6-9/h6,8H,4-5H2,1-3H3. The smallest absolute Gasteiger partial charge is 0.180 e. The van der Waals surface area contributed by atoms with Crippen LogP contribution in [0.3, 0.4) is 0 Å². The van der Waals surface area contributed by atoms with Gasteiger partial charge in [-0.25, -0.2) is 0 Å². The van der Waals surface area contributed by atoms with Gasteiger partial charge in [0.1, 0.15) is 0 Å². The third-order valence-electron chi connectivity index (χ3n) is 1.18. The van der Waals surface area contributed by atoms with Crippen molar-refractivity contribution in [1.29, 1.82) is 0 Å². The monoisotopic (exact) mass is 178 g/mol. The van der Waals surface area contributed by atoms with E-state index < -0.39 is 0 Å². The summed E-state index contributed by atoms with van der Waals surface area (Å²) in [6.07, 6.45) is -0.275. The van der Waals surface area contributed by atoms with Gasteiger partial charge in [-0.3, -0.25) is 0 Å². The van der Waals surface area contributed by atoms with E-state index in [1.807, 2.05) is 20.8 Å². The number of ether oxygens (including phenoxy) is 2. The molecule has 0 aromatic carbocycles. The normalized spacial score (nSPS) is 12.6. The fraction of sp³-hybridized carbons (Fsp3) is 0.750. The van der Waals surface area contributed by atoms with Gasteiger partial charge >= 0.3 is 0 Å². The first-order chi connectivity index (χ1) is 5.26. The molecule has 0 aliphatic carbocycles. The molecule has 0 aromatic heterocycles. The lowest BCUT2D eigenvalue weighted by Gasteiger charge is -2.16. The molecule has 2 nitrogen and oxygen atoms in total. The second kappa shape index (κ2) is 6.65. The van der Waals surface area contributed by atoms with Crippen LogP contribution in [-0.4, -0.2) is 19.5 Å². The molecule has 0 aliphatic rings. The topological polar surface area (TPSA) is 18.5 Å². The molecular weight excluding hydrogens is 164 g/mol. The average molecular weight is 179 g/mol. The Morgan fingerprint density at radius 1 is 1.36 bits per heavy atom. The Morgan fingerprint density at radius 2 is 1.82 bits per heavy atom. The predicted molar refractivity (Wildman–Crippen MR) is 46.7 cm³/mol. The summed E-state index contributed by atoms with van der Waals surface area (Å²) in [5.41, 5.74) is 2.38. The molecule has 0 aromatic rings. The van der Waals surface area contributed by atoms with Crippen molar-refractivity contribution in [1.82, 2.24) is 0 Å². The summed E-state index contributed by atoms with van der Waals surface area (Å²) in [7, 11) is 0. The van der Waals surface area contributed by atoms with Crippen molar-refractivity contribution in [3.8, 4) is 0 Å². The van der Waals surface area contributed by atoms with E-state index in [9.17, 15) is 0 Å². The Labute approximate surface area is 73.1 Å². The van der Waals surface area contributed by atoms with Crippen molar-refractivity contribution in [2.24, 2.45) is 0 Å². The molecule has 0 aliphatic heterocycles.